The van der Waals surface area contributed by atoms with Crippen LogP contribution in [-0.2, 0) is 4.74 Å². The van der Waals surface area contributed by atoms with Gasteiger partial charge in [0.25, 0.3) is 5.91 Å². The van der Waals surface area contributed by atoms with Crippen molar-refractivity contribution in [3.05, 3.63) is 4.88 Å². The van der Waals surface area contributed by atoms with Crippen molar-refractivity contribution in [3.63, 3.8) is 0 Å². The van der Waals surface area contributed by atoms with E-state index in [1.807, 2.05) is 19.0 Å². The van der Waals surface area contributed by atoms with Crippen LogP contribution in [0.4, 0.5) is 10.9 Å². The summed E-state index contributed by atoms with van der Waals surface area (Å²) in [5.74, 6) is 0.846. The van der Waals surface area contributed by atoms with Gasteiger partial charge in [-0.1, -0.05) is 11.3 Å². The number of hydrogen-bond donors (Lipinski definition) is 2. The molecule has 1 heterocycles. The van der Waals surface area contributed by atoms with Gasteiger partial charge in [-0.05, 0) is 18.8 Å². The minimum Gasteiger partial charge on any atom is -0.382 e. The first-order chi connectivity index (χ1) is 9.08. The Kier molecular flexibility index (Phi) is 4.60. The van der Waals surface area contributed by atoms with Gasteiger partial charge in [0, 0.05) is 27.2 Å². The van der Waals surface area contributed by atoms with Gasteiger partial charge in [-0.25, -0.2) is 4.98 Å². The van der Waals surface area contributed by atoms with Gasteiger partial charge < -0.3 is 20.7 Å². The fourth-order valence-electron chi connectivity index (χ4n) is 1.53. The number of nitrogens with zero attached hydrogens (tertiary/aromatic N) is 2. The van der Waals surface area contributed by atoms with Crippen molar-refractivity contribution in [1.29, 1.82) is 0 Å². The molecule has 106 valence electrons. The number of aromatic nitrogens is 1. The third-order valence-corrected chi connectivity index (χ3v) is 4.05. The molecule has 6 nitrogen and oxygen atoms in total. The molecule has 19 heavy (non-hydrogen) atoms. The molecule has 0 atom stereocenters. The van der Waals surface area contributed by atoms with Crippen LogP contribution < -0.4 is 16.0 Å². The molecule has 0 spiro atoms. The highest BCUT2D eigenvalue weighted by atomic mass is 32.1. The summed E-state index contributed by atoms with van der Waals surface area (Å²) >= 11 is 1.29. The molecule has 1 saturated carbocycles. The van der Waals surface area contributed by atoms with Gasteiger partial charge in [0.1, 0.15) is 10.7 Å². The smallest absolute Gasteiger partial charge is 0.265 e. The average Bonchev–Trinajstić information content (AvgIpc) is 3.09. The van der Waals surface area contributed by atoms with Crippen molar-refractivity contribution >= 4 is 28.2 Å². The first-order valence-electron chi connectivity index (χ1n) is 6.37. The van der Waals surface area contributed by atoms with Crippen LogP contribution in [0, 0.1) is 5.92 Å². The monoisotopic (exact) mass is 284 g/mol. The molecule has 0 aliphatic heterocycles. The lowest BCUT2D eigenvalue weighted by Gasteiger charge is -2.05. The van der Waals surface area contributed by atoms with E-state index in [2.05, 4.69) is 10.3 Å². The number of nitrogens with two attached hydrogens (primary N) is 1. The number of nitrogens with one attached hydrogen (secondary N) is 1. The number of rotatable bonds is 7. The van der Waals surface area contributed by atoms with E-state index in [9.17, 15) is 4.79 Å². The lowest BCUT2D eigenvalue weighted by atomic mass is 10.4. The molecule has 1 amide bonds. The van der Waals surface area contributed by atoms with Gasteiger partial charge in [0.2, 0.25) is 0 Å². The third-order valence-electron chi connectivity index (χ3n) is 2.81. The van der Waals surface area contributed by atoms with Crippen LogP contribution in [0.5, 0.6) is 0 Å². The Morgan fingerprint density at radius 3 is 2.89 bits per heavy atom. The highest BCUT2D eigenvalue weighted by Gasteiger charge is 2.21. The molecule has 3 N–H and O–H groups in total. The molecule has 0 unspecified atom stereocenters. The maximum atomic E-state index is 11.9. The number of amides is 1. The Labute approximate surface area is 116 Å². The predicted molar refractivity (Wildman–Crippen MR) is 76.7 cm³/mol. The maximum absolute atomic E-state index is 11.9. The molecule has 0 aromatic carbocycles. The maximum Gasteiger partial charge on any atom is 0.265 e. The largest absolute Gasteiger partial charge is 0.382 e. The quantitative estimate of drug-likeness (QED) is 0.729. The Balaban J connectivity index is 1.75. The van der Waals surface area contributed by atoms with Crippen molar-refractivity contribution in [2.45, 2.75) is 12.8 Å². The minimum absolute atomic E-state index is 0.182. The van der Waals surface area contributed by atoms with Crippen LogP contribution in [0.2, 0.25) is 0 Å². The topological polar surface area (TPSA) is 80.5 Å². The van der Waals surface area contributed by atoms with Gasteiger partial charge in [-0.2, -0.15) is 0 Å². The van der Waals surface area contributed by atoms with Gasteiger partial charge in [-0.15, -0.1) is 0 Å². The minimum atomic E-state index is -0.182. The Bertz CT molecular complexity index is 443. The number of ether oxygens (including phenoxy) is 1. The Morgan fingerprint density at radius 2 is 2.32 bits per heavy atom. The van der Waals surface area contributed by atoms with Crippen LogP contribution in [0.1, 0.15) is 22.5 Å². The third kappa shape index (κ3) is 4.07. The zero-order chi connectivity index (χ0) is 13.8. The lowest BCUT2D eigenvalue weighted by Crippen LogP contribution is -2.27. The summed E-state index contributed by atoms with van der Waals surface area (Å²) < 4.78 is 5.45. The summed E-state index contributed by atoms with van der Waals surface area (Å²) in [6.07, 6.45) is 2.55. The summed E-state index contributed by atoms with van der Waals surface area (Å²) in [5, 5.41) is 3.52. The molecule has 7 heteroatoms. The van der Waals surface area contributed by atoms with Crippen molar-refractivity contribution in [2.75, 3.05) is 44.5 Å². The molecule has 1 aliphatic carbocycles. The number of thiazole rings is 1. The highest BCUT2D eigenvalue weighted by molar-refractivity contribution is 7.18. The first kappa shape index (κ1) is 14.1. The highest BCUT2D eigenvalue weighted by Crippen LogP contribution is 2.28. The molecule has 1 fully saturated rings. The van der Waals surface area contributed by atoms with E-state index < -0.39 is 0 Å². The summed E-state index contributed by atoms with van der Waals surface area (Å²) in [5.41, 5.74) is 5.74. The summed E-state index contributed by atoms with van der Waals surface area (Å²) in [7, 11) is 3.73. The van der Waals surface area contributed by atoms with Gasteiger partial charge >= 0.3 is 0 Å². The number of hydrogen-bond acceptors (Lipinski definition) is 6. The van der Waals surface area contributed by atoms with E-state index in [4.69, 9.17) is 10.5 Å². The number of carbonyl (C=O) groups is 1. The molecular formula is C12H20N4O2S. The van der Waals surface area contributed by atoms with Crippen LogP contribution in [0.3, 0.4) is 0 Å². The van der Waals surface area contributed by atoms with Crippen LogP contribution in [0.15, 0.2) is 0 Å². The van der Waals surface area contributed by atoms with Crippen molar-refractivity contribution in [3.8, 4) is 0 Å². The second-order valence-electron chi connectivity index (χ2n) is 4.88. The van der Waals surface area contributed by atoms with Crippen LogP contribution in [0.25, 0.3) is 0 Å². The standard InChI is InChI=1S/C12H20N4O2S/c1-16(2)12-15-10(13)9(19-12)11(17)14-5-6-18-7-8-3-4-8/h8H,3-7,13H2,1-2H3,(H,14,17). The number of anilines is 2. The van der Waals surface area contributed by atoms with E-state index in [1.54, 1.807) is 0 Å². The second-order valence-corrected chi connectivity index (χ2v) is 5.86. The van der Waals surface area contributed by atoms with Crippen molar-refractivity contribution in [1.82, 2.24) is 10.3 Å². The zero-order valence-electron chi connectivity index (χ0n) is 11.3. The number of carbonyl (C=O) groups excluding carboxylic acids is 1. The molecule has 0 radical (unpaired) electrons. The summed E-state index contributed by atoms with van der Waals surface area (Å²) in [4.78, 5) is 18.3. The first-order valence-corrected chi connectivity index (χ1v) is 7.19. The Morgan fingerprint density at radius 1 is 1.58 bits per heavy atom. The average molecular weight is 284 g/mol. The fraction of sp³-hybridized carbons (Fsp3) is 0.667. The molecule has 2 rings (SSSR count). The van der Waals surface area contributed by atoms with Gasteiger partial charge in [0.05, 0.1) is 6.61 Å². The zero-order valence-corrected chi connectivity index (χ0v) is 12.1. The van der Waals surface area contributed by atoms with Crippen LogP contribution in [-0.4, -0.2) is 44.7 Å². The van der Waals surface area contributed by atoms with E-state index >= 15 is 0 Å². The fourth-order valence-corrected chi connectivity index (χ4v) is 2.35. The summed E-state index contributed by atoms with van der Waals surface area (Å²) in [6, 6.07) is 0. The van der Waals surface area contributed by atoms with E-state index in [1.165, 1.54) is 24.2 Å². The molecule has 1 aromatic heterocycles. The van der Waals surface area contributed by atoms with Crippen molar-refractivity contribution < 1.29 is 9.53 Å². The molecule has 1 aromatic rings. The Hall–Kier alpha value is -1.34. The molecule has 0 bridgehead atoms. The summed E-state index contributed by atoms with van der Waals surface area (Å²) in [6.45, 7) is 1.85. The van der Waals surface area contributed by atoms with E-state index in [0.29, 0.717) is 18.0 Å². The lowest BCUT2D eigenvalue weighted by molar-refractivity contribution is 0.0911. The van der Waals surface area contributed by atoms with E-state index in [-0.39, 0.29) is 11.7 Å². The van der Waals surface area contributed by atoms with E-state index in [0.717, 1.165) is 17.7 Å². The van der Waals surface area contributed by atoms with Gasteiger partial charge in [0.15, 0.2) is 5.13 Å². The molecular weight excluding hydrogens is 264 g/mol. The predicted octanol–water partition coefficient (Wildman–Crippen LogP) is 0.948. The SMILES string of the molecule is CN(C)c1nc(N)c(C(=O)NCCOCC2CC2)s1. The van der Waals surface area contributed by atoms with Gasteiger partial charge in [-0.3, -0.25) is 4.79 Å². The van der Waals surface area contributed by atoms with Crippen molar-refractivity contribution in [2.24, 2.45) is 5.92 Å². The molecule has 1 aliphatic rings. The second kappa shape index (κ2) is 6.21. The normalized spacial score (nSPS) is 14.4. The van der Waals surface area contributed by atoms with Crippen LogP contribution >= 0.6 is 11.3 Å². The number of nitrogen functional groups attached to an aromatic ring is 1. The molecule has 0 saturated heterocycles.